The lowest BCUT2D eigenvalue weighted by atomic mass is 10.1. The maximum absolute atomic E-state index is 6.46. The topological polar surface area (TPSA) is 21.3 Å². The van der Waals surface area contributed by atoms with Gasteiger partial charge in [0.05, 0.1) is 7.11 Å². The normalized spacial score (nSPS) is 23.9. The molecule has 0 spiro atoms. The summed E-state index contributed by atoms with van der Waals surface area (Å²) in [5, 5.41) is 3.85. The number of benzene rings is 1. The van der Waals surface area contributed by atoms with Crippen molar-refractivity contribution in [1.82, 2.24) is 5.32 Å². The molecule has 1 aliphatic rings. The number of alkyl halides is 1. The van der Waals surface area contributed by atoms with E-state index in [4.69, 9.17) is 16.3 Å². The van der Waals surface area contributed by atoms with Gasteiger partial charge in [-0.25, -0.2) is 0 Å². The van der Waals surface area contributed by atoms with E-state index in [9.17, 15) is 0 Å². The van der Waals surface area contributed by atoms with Crippen molar-refractivity contribution in [3.63, 3.8) is 0 Å². The summed E-state index contributed by atoms with van der Waals surface area (Å²) in [6.07, 6.45) is 6.13. The van der Waals surface area contributed by atoms with E-state index in [0.29, 0.717) is 6.04 Å². The maximum atomic E-state index is 6.46. The van der Waals surface area contributed by atoms with E-state index in [1.165, 1.54) is 31.2 Å². The molecule has 1 aromatic carbocycles. The highest BCUT2D eigenvalue weighted by atomic mass is 79.9. The summed E-state index contributed by atoms with van der Waals surface area (Å²) in [4.78, 5) is 0. The van der Waals surface area contributed by atoms with E-state index in [0.717, 1.165) is 23.2 Å². The number of hydrogen-bond acceptors (Lipinski definition) is 2. The highest BCUT2D eigenvalue weighted by Gasteiger charge is 2.21. The van der Waals surface area contributed by atoms with Crippen LogP contribution in [0, 0.1) is 0 Å². The van der Waals surface area contributed by atoms with Gasteiger partial charge in [0, 0.05) is 28.0 Å². The predicted molar refractivity (Wildman–Crippen MR) is 84.0 cm³/mol. The van der Waals surface area contributed by atoms with Crippen LogP contribution in [0.5, 0.6) is 5.75 Å². The van der Waals surface area contributed by atoms with E-state index >= 15 is 0 Å². The standard InChI is InChI=1S/C15H21BrClNO/c1-19-15-8-7-12(16)9-11(15)10-18-14-6-4-2-3-5-13(14)17/h7-9,13-14,18H,2-6,10H2,1H3. The number of hydrogen-bond donors (Lipinski definition) is 1. The molecule has 0 heterocycles. The minimum atomic E-state index is 0.251. The molecule has 2 rings (SSSR count). The molecule has 1 saturated carbocycles. The molecular formula is C15H21BrClNO. The third kappa shape index (κ3) is 4.37. The van der Waals surface area contributed by atoms with E-state index in [-0.39, 0.29) is 5.38 Å². The lowest BCUT2D eigenvalue weighted by molar-refractivity contribution is 0.401. The van der Waals surface area contributed by atoms with Crippen LogP contribution in [0.3, 0.4) is 0 Å². The lowest BCUT2D eigenvalue weighted by Gasteiger charge is -2.22. The zero-order chi connectivity index (χ0) is 13.7. The Labute approximate surface area is 129 Å². The summed E-state index contributed by atoms with van der Waals surface area (Å²) >= 11 is 9.96. The Morgan fingerprint density at radius 1 is 1.32 bits per heavy atom. The summed E-state index contributed by atoms with van der Waals surface area (Å²) in [5.41, 5.74) is 1.17. The van der Waals surface area contributed by atoms with Crippen LogP contribution < -0.4 is 10.1 Å². The van der Waals surface area contributed by atoms with Gasteiger partial charge in [0.1, 0.15) is 5.75 Å². The SMILES string of the molecule is COc1ccc(Br)cc1CNC1CCCCCC1Cl. The molecule has 1 aromatic rings. The predicted octanol–water partition coefficient (Wildman–Crippen LogP) is 4.49. The fraction of sp³-hybridized carbons (Fsp3) is 0.600. The fourth-order valence-corrected chi connectivity index (χ4v) is 3.40. The fourth-order valence-electron chi connectivity index (χ4n) is 2.62. The number of halogens is 2. The summed E-state index contributed by atoms with van der Waals surface area (Å²) in [7, 11) is 1.71. The first-order chi connectivity index (χ1) is 9.20. The molecule has 0 saturated heterocycles. The second kappa shape index (κ2) is 7.51. The third-order valence-corrected chi connectivity index (χ3v) is 4.74. The van der Waals surface area contributed by atoms with E-state index in [1.807, 2.05) is 12.1 Å². The van der Waals surface area contributed by atoms with Gasteiger partial charge in [0.2, 0.25) is 0 Å². The van der Waals surface area contributed by atoms with Gasteiger partial charge in [-0.1, -0.05) is 35.2 Å². The molecule has 19 heavy (non-hydrogen) atoms. The smallest absolute Gasteiger partial charge is 0.123 e. The zero-order valence-electron chi connectivity index (χ0n) is 11.3. The summed E-state index contributed by atoms with van der Waals surface area (Å²) < 4.78 is 6.48. The Balaban J connectivity index is 1.99. The molecule has 0 aliphatic heterocycles. The van der Waals surface area contributed by atoms with Crippen molar-refractivity contribution in [3.05, 3.63) is 28.2 Å². The average Bonchev–Trinajstić information content (AvgIpc) is 2.61. The van der Waals surface area contributed by atoms with Crippen LogP contribution in [-0.2, 0) is 6.54 Å². The highest BCUT2D eigenvalue weighted by molar-refractivity contribution is 9.10. The third-order valence-electron chi connectivity index (χ3n) is 3.73. The first-order valence-electron chi connectivity index (χ1n) is 6.90. The Morgan fingerprint density at radius 2 is 2.11 bits per heavy atom. The first kappa shape index (κ1) is 15.1. The van der Waals surface area contributed by atoms with Crippen LogP contribution in [0.4, 0.5) is 0 Å². The number of ether oxygens (including phenoxy) is 1. The molecule has 2 unspecified atom stereocenters. The van der Waals surface area contributed by atoms with Crippen molar-refractivity contribution in [2.45, 2.75) is 50.1 Å². The van der Waals surface area contributed by atoms with Crippen LogP contribution in [0.15, 0.2) is 22.7 Å². The first-order valence-corrected chi connectivity index (χ1v) is 8.13. The van der Waals surface area contributed by atoms with Gasteiger partial charge < -0.3 is 10.1 Å². The summed E-state index contributed by atoms with van der Waals surface area (Å²) in [6.45, 7) is 0.802. The van der Waals surface area contributed by atoms with Gasteiger partial charge >= 0.3 is 0 Å². The number of nitrogens with one attached hydrogen (secondary N) is 1. The maximum Gasteiger partial charge on any atom is 0.123 e. The molecule has 0 aromatic heterocycles. The second-order valence-corrected chi connectivity index (χ2v) is 6.57. The van der Waals surface area contributed by atoms with Crippen molar-refractivity contribution < 1.29 is 4.74 Å². The van der Waals surface area contributed by atoms with Crippen LogP contribution in [0.2, 0.25) is 0 Å². The van der Waals surface area contributed by atoms with Crippen molar-refractivity contribution in [2.75, 3.05) is 7.11 Å². The van der Waals surface area contributed by atoms with Crippen LogP contribution >= 0.6 is 27.5 Å². The van der Waals surface area contributed by atoms with Crippen LogP contribution in [0.25, 0.3) is 0 Å². The highest BCUT2D eigenvalue weighted by Crippen LogP contribution is 2.25. The average molecular weight is 347 g/mol. The van der Waals surface area contributed by atoms with Crippen molar-refractivity contribution in [2.24, 2.45) is 0 Å². The van der Waals surface area contributed by atoms with Gasteiger partial charge in [-0.05, 0) is 31.0 Å². The van der Waals surface area contributed by atoms with E-state index < -0.39 is 0 Å². The monoisotopic (exact) mass is 345 g/mol. The number of rotatable bonds is 4. The molecular weight excluding hydrogens is 326 g/mol. The zero-order valence-corrected chi connectivity index (χ0v) is 13.6. The van der Waals surface area contributed by atoms with Crippen molar-refractivity contribution in [3.8, 4) is 5.75 Å². The summed E-state index contributed by atoms with van der Waals surface area (Å²) in [5.74, 6) is 0.926. The summed E-state index contributed by atoms with van der Waals surface area (Å²) in [6, 6.07) is 6.50. The molecule has 1 fully saturated rings. The molecule has 106 valence electrons. The Kier molecular flexibility index (Phi) is 5.99. The van der Waals surface area contributed by atoms with Crippen molar-refractivity contribution in [1.29, 1.82) is 0 Å². The van der Waals surface area contributed by atoms with Crippen LogP contribution in [-0.4, -0.2) is 18.5 Å². The lowest BCUT2D eigenvalue weighted by Crippen LogP contribution is -2.35. The largest absolute Gasteiger partial charge is 0.496 e. The molecule has 1 aliphatic carbocycles. The minimum absolute atomic E-state index is 0.251. The molecule has 2 nitrogen and oxygen atoms in total. The molecule has 2 atom stereocenters. The van der Waals surface area contributed by atoms with Gasteiger partial charge in [0.25, 0.3) is 0 Å². The molecule has 0 amide bonds. The molecule has 0 radical (unpaired) electrons. The van der Waals surface area contributed by atoms with Gasteiger partial charge in [0.15, 0.2) is 0 Å². The van der Waals surface area contributed by atoms with Crippen LogP contribution in [0.1, 0.15) is 37.7 Å². The molecule has 0 bridgehead atoms. The number of methoxy groups -OCH3 is 1. The minimum Gasteiger partial charge on any atom is -0.496 e. The van der Waals surface area contributed by atoms with Gasteiger partial charge in [-0.15, -0.1) is 11.6 Å². The van der Waals surface area contributed by atoms with Gasteiger partial charge in [-0.2, -0.15) is 0 Å². The quantitative estimate of drug-likeness (QED) is 0.641. The molecule has 1 N–H and O–H groups in total. The Hall–Kier alpha value is -0.250. The Bertz CT molecular complexity index is 413. The molecule has 4 heteroatoms. The van der Waals surface area contributed by atoms with E-state index in [1.54, 1.807) is 7.11 Å². The second-order valence-electron chi connectivity index (χ2n) is 5.10. The van der Waals surface area contributed by atoms with E-state index in [2.05, 4.69) is 27.3 Å². The van der Waals surface area contributed by atoms with Gasteiger partial charge in [-0.3, -0.25) is 0 Å². The van der Waals surface area contributed by atoms with Crippen molar-refractivity contribution >= 4 is 27.5 Å². The Morgan fingerprint density at radius 3 is 2.89 bits per heavy atom.